The van der Waals surface area contributed by atoms with Gasteiger partial charge in [0.1, 0.15) is 0 Å². The third-order valence-corrected chi connectivity index (χ3v) is 3.90. The summed E-state index contributed by atoms with van der Waals surface area (Å²) in [7, 11) is 0. The third kappa shape index (κ3) is 3.33. The highest BCUT2D eigenvalue weighted by atomic mass is 35.5. The largest absolute Gasteiger partial charge is 0.324 e. The number of halogens is 4. The number of hydrogen-bond acceptors (Lipinski definition) is 3. The van der Waals surface area contributed by atoms with Crippen molar-refractivity contribution in [1.29, 1.82) is 0 Å². The normalized spacial score (nSPS) is 10.9. The Bertz CT molecular complexity index is 816. The maximum atomic E-state index is 5.99. The molecule has 0 spiro atoms. The Kier molecular flexibility index (Phi) is 4.09. The van der Waals surface area contributed by atoms with E-state index < -0.39 is 0 Å². The van der Waals surface area contributed by atoms with Crippen LogP contribution in [0.15, 0.2) is 36.5 Å². The van der Waals surface area contributed by atoms with Gasteiger partial charge in [0, 0.05) is 27.3 Å². The Morgan fingerprint density at radius 3 is 2.19 bits per heavy atom. The second kappa shape index (κ2) is 5.85. The van der Waals surface area contributed by atoms with E-state index in [4.69, 9.17) is 46.4 Å². The summed E-state index contributed by atoms with van der Waals surface area (Å²) in [5, 5.41) is 5.82. The average molecular weight is 359 g/mol. The number of rotatable bonds is 2. The van der Waals surface area contributed by atoms with Crippen molar-refractivity contribution >= 4 is 68.9 Å². The minimum atomic E-state index is 0.416. The van der Waals surface area contributed by atoms with E-state index in [1.165, 1.54) is 0 Å². The molecule has 1 N–H and O–H groups in total. The van der Waals surface area contributed by atoms with Crippen LogP contribution in [-0.4, -0.2) is 9.97 Å². The third-order valence-electron chi connectivity index (χ3n) is 2.74. The number of nitrogens with zero attached hydrogens (tertiary/aromatic N) is 2. The summed E-state index contributed by atoms with van der Waals surface area (Å²) >= 11 is 23.9. The first kappa shape index (κ1) is 14.7. The van der Waals surface area contributed by atoms with Crippen LogP contribution in [0.3, 0.4) is 0 Å². The van der Waals surface area contributed by atoms with Crippen LogP contribution in [0.1, 0.15) is 0 Å². The van der Waals surface area contributed by atoms with Gasteiger partial charge >= 0.3 is 0 Å². The number of benzene rings is 2. The first-order valence-electron chi connectivity index (χ1n) is 5.86. The van der Waals surface area contributed by atoms with Crippen LogP contribution in [0, 0.1) is 0 Å². The predicted octanol–water partition coefficient (Wildman–Crippen LogP) is 5.99. The molecule has 0 atom stereocenters. The maximum Gasteiger partial charge on any atom is 0.227 e. The first-order valence-corrected chi connectivity index (χ1v) is 7.37. The van der Waals surface area contributed by atoms with Gasteiger partial charge in [-0.15, -0.1) is 0 Å². The SMILES string of the molecule is Clc1cc(Cl)cc(Nc2ncc3cc(Cl)c(Cl)cc3n2)c1. The standard InChI is InChI=1S/C14H7Cl4N3/c15-8-2-9(16)4-10(3-8)20-14-19-6-7-1-11(17)12(18)5-13(7)21-14/h1-6H,(H,19,20,21). The minimum Gasteiger partial charge on any atom is -0.324 e. The Labute approximate surface area is 140 Å². The highest BCUT2D eigenvalue weighted by Crippen LogP contribution is 2.28. The minimum absolute atomic E-state index is 0.416. The molecule has 3 aromatic rings. The summed E-state index contributed by atoms with van der Waals surface area (Å²) in [6, 6.07) is 8.53. The second-order valence-corrected chi connectivity index (χ2v) is 5.99. The van der Waals surface area contributed by atoms with E-state index in [2.05, 4.69) is 15.3 Å². The molecule has 0 fully saturated rings. The van der Waals surface area contributed by atoms with E-state index in [0.717, 1.165) is 5.39 Å². The van der Waals surface area contributed by atoms with E-state index in [1.807, 2.05) is 0 Å². The molecule has 21 heavy (non-hydrogen) atoms. The quantitative estimate of drug-likeness (QED) is 0.611. The predicted molar refractivity (Wildman–Crippen MR) is 89.3 cm³/mol. The Morgan fingerprint density at radius 1 is 0.810 bits per heavy atom. The number of fused-ring (bicyclic) bond motifs is 1. The summed E-state index contributed by atoms with van der Waals surface area (Å²) in [5.41, 5.74) is 1.39. The smallest absolute Gasteiger partial charge is 0.227 e. The molecule has 0 aliphatic heterocycles. The fourth-order valence-electron chi connectivity index (χ4n) is 1.84. The average Bonchev–Trinajstić information content (AvgIpc) is 2.39. The van der Waals surface area contributed by atoms with Gasteiger partial charge in [0.15, 0.2) is 0 Å². The van der Waals surface area contributed by atoms with Gasteiger partial charge in [-0.1, -0.05) is 46.4 Å². The van der Waals surface area contributed by atoms with Crippen molar-refractivity contribution in [3.05, 3.63) is 56.6 Å². The van der Waals surface area contributed by atoms with Crippen molar-refractivity contribution in [3.8, 4) is 0 Å². The zero-order valence-electron chi connectivity index (χ0n) is 10.4. The first-order chi connectivity index (χ1) is 10.0. The molecule has 1 heterocycles. The highest BCUT2D eigenvalue weighted by molar-refractivity contribution is 6.42. The summed E-state index contributed by atoms with van der Waals surface area (Å²) in [6.07, 6.45) is 1.67. The summed E-state index contributed by atoms with van der Waals surface area (Å²) < 4.78 is 0. The van der Waals surface area contributed by atoms with Gasteiger partial charge in [0.05, 0.1) is 15.6 Å². The van der Waals surface area contributed by atoms with Crippen LogP contribution in [0.5, 0.6) is 0 Å². The molecule has 0 aliphatic carbocycles. The van der Waals surface area contributed by atoms with Gasteiger partial charge in [-0.2, -0.15) is 0 Å². The number of nitrogens with one attached hydrogen (secondary N) is 1. The number of aromatic nitrogens is 2. The van der Waals surface area contributed by atoms with Crippen LogP contribution in [-0.2, 0) is 0 Å². The Morgan fingerprint density at radius 2 is 1.48 bits per heavy atom. The van der Waals surface area contributed by atoms with Gasteiger partial charge in [-0.05, 0) is 30.3 Å². The molecular weight excluding hydrogens is 352 g/mol. The van der Waals surface area contributed by atoms with Crippen molar-refractivity contribution < 1.29 is 0 Å². The molecule has 7 heteroatoms. The lowest BCUT2D eigenvalue weighted by molar-refractivity contribution is 1.21. The topological polar surface area (TPSA) is 37.8 Å². The molecule has 3 nitrogen and oxygen atoms in total. The molecule has 1 aromatic heterocycles. The van der Waals surface area contributed by atoms with Crippen LogP contribution in [0.2, 0.25) is 20.1 Å². The molecule has 0 bridgehead atoms. The monoisotopic (exact) mass is 357 g/mol. The molecule has 0 aliphatic rings. The van der Waals surface area contributed by atoms with Gasteiger partial charge < -0.3 is 5.32 Å². The Balaban J connectivity index is 1.99. The van der Waals surface area contributed by atoms with Crippen LogP contribution < -0.4 is 5.32 Å². The molecule has 0 saturated heterocycles. The summed E-state index contributed by atoms with van der Waals surface area (Å²) in [5.74, 6) is 0.416. The van der Waals surface area contributed by atoms with Crippen molar-refractivity contribution in [2.75, 3.05) is 5.32 Å². The van der Waals surface area contributed by atoms with Crippen molar-refractivity contribution in [3.63, 3.8) is 0 Å². The molecule has 0 radical (unpaired) electrons. The molecule has 3 rings (SSSR count). The molecular formula is C14H7Cl4N3. The highest BCUT2D eigenvalue weighted by Gasteiger charge is 2.06. The fraction of sp³-hybridized carbons (Fsp3) is 0. The zero-order chi connectivity index (χ0) is 15.0. The molecule has 0 amide bonds. The van der Waals surface area contributed by atoms with Crippen molar-refractivity contribution in [1.82, 2.24) is 9.97 Å². The van der Waals surface area contributed by atoms with Gasteiger partial charge in [-0.3, -0.25) is 0 Å². The molecule has 0 unspecified atom stereocenters. The summed E-state index contributed by atoms with van der Waals surface area (Å²) in [6.45, 7) is 0. The molecule has 0 saturated carbocycles. The van der Waals surface area contributed by atoms with E-state index in [9.17, 15) is 0 Å². The van der Waals surface area contributed by atoms with Gasteiger partial charge in [0.25, 0.3) is 0 Å². The van der Waals surface area contributed by atoms with E-state index in [0.29, 0.717) is 37.2 Å². The van der Waals surface area contributed by atoms with E-state index >= 15 is 0 Å². The van der Waals surface area contributed by atoms with Crippen LogP contribution in [0.25, 0.3) is 10.9 Å². The van der Waals surface area contributed by atoms with Gasteiger partial charge in [0.2, 0.25) is 5.95 Å². The second-order valence-electron chi connectivity index (χ2n) is 4.30. The van der Waals surface area contributed by atoms with Crippen LogP contribution >= 0.6 is 46.4 Å². The summed E-state index contributed by atoms with van der Waals surface area (Å²) in [4.78, 5) is 8.60. The van der Waals surface area contributed by atoms with Crippen molar-refractivity contribution in [2.45, 2.75) is 0 Å². The molecule has 2 aromatic carbocycles. The Hall–Kier alpha value is -1.26. The lowest BCUT2D eigenvalue weighted by atomic mass is 10.2. The zero-order valence-corrected chi connectivity index (χ0v) is 13.4. The lowest BCUT2D eigenvalue weighted by Gasteiger charge is -2.07. The van der Waals surface area contributed by atoms with E-state index in [1.54, 1.807) is 36.5 Å². The number of anilines is 2. The van der Waals surface area contributed by atoms with Gasteiger partial charge in [-0.25, -0.2) is 9.97 Å². The fourth-order valence-corrected chi connectivity index (χ4v) is 2.70. The van der Waals surface area contributed by atoms with Crippen LogP contribution in [0.4, 0.5) is 11.6 Å². The molecule has 106 valence electrons. The maximum absolute atomic E-state index is 5.99. The van der Waals surface area contributed by atoms with E-state index in [-0.39, 0.29) is 0 Å². The van der Waals surface area contributed by atoms with Crippen molar-refractivity contribution in [2.24, 2.45) is 0 Å². The number of hydrogen-bond donors (Lipinski definition) is 1. The lowest BCUT2D eigenvalue weighted by Crippen LogP contribution is -1.97.